The second-order valence-electron chi connectivity index (χ2n) is 2.46. The first kappa shape index (κ1) is 10.5. The van der Waals surface area contributed by atoms with Crippen molar-refractivity contribution in [2.45, 2.75) is 6.61 Å². The van der Waals surface area contributed by atoms with Gasteiger partial charge in [-0.2, -0.15) is 0 Å². The molecule has 1 aromatic rings. The number of nitrogens with two attached hydrogens (primary N) is 1. The summed E-state index contributed by atoms with van der Waals surface area (Å²) in [7, 11) is 0. The molecule has 0 unspecified atom stereocenters. The highest BCUT2D eigenvalue weighted by Crippen LogP contribution is 2.22. The molecule has 7 heteroatoms. The summed E-state index contributed by atoms with van der Waals surface area (Å²) in [6.45, 7) is -0.354. The zero-order chi connectivity index (χ0) is 10.7. The van der Waals surface area contributed by atoms with Gasteiger partial charge in [-0.15, -0.1) is 0 Å². The van der Waals surface area contributed by atoms with E-state index in [1.165, 1.54) is 0 Å². The van der Waals surface area contributed by atoms with Crippen LogP contribution in [0.1, 0.15) is 5.56 Å². The molecule has 0 atom stereocenters. The lowest BCUT2D eigenvalue weighted by Gasteiger charge is -2.01. The normalized spacial score (nSPS) is 10.2. The van der Waals surface area contributed by atoms with Gasteiger partial charge in [-0.3, -0.25) is 15.0 Å². The molecule has 0 radical (unpaired) electrons. The Kier molecular flexibility index (Phi) is 3.05. The largest absolute Gasteiger partial charge is 0.300 e. The average Bonchev–Trinajstić information content (AvgIpc) is 2.11. The van der Waals surface area contributed by atoms with Crippen molar-refractivity contribution in [2.24, 2.45) is 5.90 Å². The Morgan fingerprint density at radius 1 is 1.43 bits per heavy atom. The molecule has 0 aliphatic heterocycles. The molecule has 76 valence electrons. The van der Waals surface area contributed by atoms with Crippen LogP contribution in [0.4, 0.5) is 14.5 Å². The molecule has 0 aliphatic carbocycles. The minimum atomic E-state index is -1.28. The van der Waals surface area contributed by atoms with Gasteiger partial charge in [-0.25, -0.2) is 14.7 Å². The van der Waals surface area contributed by atoms with E-state index in [4.69, 9.17) is 0 Å². The number of hydrogen-bond acceptors (Lipinski definition) is 4. The Morgan fingerprint density at radius 2 is 2.00 bits per heavy atom. The molecule has 0 heterocycles. The summed E-state index contributed by atoms with van der Waals surface area (Å²) in [5, 5.41) is 10.4. The summed E-state index contributed by atoms with van der Waals surface area (Å²) in [6.07, 6.45) is 0. The lowest BCUT2D eigenvalue weighted by atomic mass is 10.2. The van der Waals surface area contributed by atoms with Gasteiger partial charge in [0.2, 0.25) is 0 Å². The molecule has 0 amide bonds. The standard InChI is InChI=1S/C7H6F2N2O3/c8-5-1-4(3-14-10)7(11(12)13)2-6(5)9/h1-2H,3,10H2. The van der Waals surface area contributed by atoms with Gasteiger partial charge in [0.1, 0.15) is 0 Å². The van der Waals surface area contributed by atoms with E-state index in [9.17, 15) is 18.9 Å². The quantitative estimate of drug-likeness (QED) is 0.593. The van der Waals surface area contributed by atoms with Gasteiger partial charge in [0.25, 0.3) is 5.69 Å². The van der Waals surface area contributed by atoms with Gasteiger partial charge in [0.05, 0.1) is 23.2 Å². The number of halogens is 2. The second kappa shape index (κ2) is 4.07. The van der Waals surface area contributed by atoms with Crippen LogP contribution >= 0.6 is 0 Å². The highest BCUT2D eigenvalue weighted by atomic mass is 19.2. The van der Waals surface area contributed by atoms with Crippen LogP contribution in [-0.2, 0) is 11.4 Å². The van der Waals surface area contributed by atoms with Crippen molar-refractivity contribution >= 4 is 5.69 Å². The summed E-state index contributed by atoms with van der Waals surface area (Å²) >= 11 is 0. The molecule has 0 aromatic heterocycles. The minimum Gasteiger partial charge on any atom is -0.300 e. The Bertz CT molecular complexity index is 370. The van der Waals surface area contributed by atoms with Crippen molar-refractivity contribution in [3.05, 3.63) is 39.4 Å². The number of nitrogens with zero attached hydrogens (tertiary/aromatic N) is 1. The number of nitro groups is 1. The molecule has 0 bridgehead atoms. The zero-order valence-corrected chi connectivity index (χ0v) is 6.87. The van der Waals surface area contributed by atoms with Gasteiger partial charge >= 0.3 is 0 Å². The minimum absolute atomic E-state index is 0.114. The molecule has 14 heavy (non-hydrogen) atoms. The van der Waals surface area contributed by atoms with Crippen LogP contribution < -0.4 is 5.90 Å². The molecule has 1 aromatic carbocycles. The Balaban J connectivity index is 3.24. The first-order valence-corrected chi connectivity index (χ1v) is 3.50. The monoisotopic (exact) mass is 204 g/mol. The maximum atomic E-state index is 12.7. The predicted molar refractivity (Wildman–Crippen MR) is 42.0 cm³/mol. The summed E-state index contributed by atoms with van der Waals surface area (Å²) in [6, 6.07) is 1.17. The van der Waals surface area contributed by atoms with Crippen LogP contribution in [-0.4, -0.2) is 4.92 Å². The smallest absolute Gasteiger partial charge is 0.278 e. The Hall–Kier alpha value is -1.60. The molecule has 0 saturated carbocycles. The van der Waals surface area contributed by atoms with E-state index in [0.29, 0.717) is 12.1 Å². The molecule has 0 fully saturated rings. The average molecular weight is 204 g/mol. The van der Waals surface area contributed by atoms with Crippen LogP contribution in [0.15, 0.2) is 12.1 Å². The number of benzene rings is 1. The maximum absolute atomic E-state index is 12.7. The molecule has 0 saturated heterocycles. The highest BCUT2D eigenvalue weighted by Gasteiger charge is 2.18. The second-order valence-corrected chi connectivity index (χ2v) is 2.46. The van der Waals surface area contributed by atoms with Gasteiger partial charge in [0.15, 0.2) is 11.6 Å². The first-order chi connectivity index (χ1) is 6.56. The predicted octanol–water partition coefficient (Wildman–Crippen LogP) is 1.26. The van der Waals surface area contributed by atoms with E-state index in [-0.39, 0.29) is 12.2 Å². The number of nitro benzene ring substituents is 1. The lowest BCUT2D eigenvalue weighted by molar-refractivity contribution is -0.386. The van der Waals surface area contributed by atoms with Crippen LogP contribution in [0.25, 0.3) is 0 Å². The third-order valence-corrected chi connectivity index (χ3v) is 1.56. The van der Waals surface area contributed by atoms with Crippen molar-refractivity contribution in [3.63, 3.8) is 0 Å². The van der Waals surface area contributed by atoms with Gasteiger partial charge in [0, 0.05) is 0 Å². The van der Waals surface area contributed by atoms with Crippen molar-refractivity contribution < 1.29 is 18.5 Å². The van der Waals surface area contributed by atoms with Crippen molar-refractivity contribution in [1.29, 1.82) is 0 Å². The van der Waals surface area contributed by atoms with Gasteiger partial charge < -0.3 is 0 Å². The first-order valence-electron chi connectivity index (χ1n) is 3.50. The fourth-order valence-corrected chi connectivity index (χ4v) is 0.953. The Morgan fingerprint density at radius 3 is 2.50 bits per heavy atom. The lowest BCUT2D eigenvalue weighted by Crippen LogP contribution is -2.04. The molecule has 0 aliphatic rings. The molecule has 2 N–H and O–H groups in total. The topological polar surface area (TPSA) is 78.4 Å². The van der Waals surface area contributed by atoms with Crippen LogP contribution in [0.5, 0.6) is 0 Å². The molecular weight excluding hydrogens is 198 g/mol. The number of hydrogen-bond donors (Lipinski definition) is 1. The third kappa shape index (κ3) is 2.01. The van der Waals surface area contributed by atoms with E-state index >= 15 is 0 Å². The van der Waals surface area contributed by atoms with Crippen LogP contribution in [0.2, 0.25) is 0 Å². The summed E-state index contributed by atoms with van der Waals surface area (Å²) in [4.78, 5) is 13.7. The third-order valence-electron chi connectivity index (χ3n) is 1.56. The van der Waals surface area contributed by atoms with Crippen molar-refractivity contribution in [2.75, 3.05) is 0 Å². The summed E-state index contributed by atoms with van der Waals surface area (Å²) in [5.41, 5.74) is -0.675. The maximum Gasteiger partial charge on any atom is 0.278 e. The van der Waals surface area contributed by atoms with Gasteiger partial charge in [-0.1, -0.05) is 0 Å². The van der Waals surface area contributed by atoms with Crippen molar-refractivity contribution in [3.8, 4) is 0 Å². The fraction of sp³-hybridized carbons (Fsp3) is 0.143. The van der Waals surface area contributed by atoms with E-state index in [1.54, 1.807) is 0 Å². The zero-order valence-electron chi connectivity index (χ0n) is 6.87. The number of rotatable bonds is 3. The van der Waals surface area contributed by atoms with E-state index < -0.39 is 22.2 Å². The van der Waals surface area contributed by atoms with Crippen molar-refractivity contribution in [1.82, 2.24) is 0 Å². The highest BCUT2D eigenvalue weighted by molar-refractivity contribution is 5.40. The Labute approximate surface area is 77.2 Å². The summed E-state index contributed by atoms with van der Waals surface area (Å²) < 4.78 is 25.3. The SMILES string of the molecule is NOCc1cc(F)c(F)cc1[N+](=O)[O-]. The fourth-order valence-electron chi connectivity index (χ4n) is 0.953. The van der Waals surface area contributed by atoms with E-state index in [0.717, 1.165) is 0 Å². The van der Waals surface area contributed by atoms with Crippen LogP contribution in [0.3, 0.4) is 0 Å². The molecular formula is C7H6F2N2O3. The van der Waals surface area contributed by atoms with Crippen LogP contribution in [0, 0.1) is 21.7 Å². The van der Waals surface area contributed by atoms with Gasteiger partial charge in [-0.05, 0) is 6.07 Å². The van der Waals surface area contributed by atoms with E-state index in [2.05, 4.69) is 10.7 Å². The molecule has 1 rings (SSSR count). The van der Waals surface area contributed by atoms with E-state index in [1.807, 2.05) is 0 Å². The molecule has 0 spiro atoms. The molecule has 5 nitrogen and oxygen atoms in total. The summed E-state index contributed by atoms with van der Waals surface area (Å²) in [5.74, 6) is 2.22.